The highest BCUT2D eigenvalue weighted by atomic mass is 32.1. The van der Waals surface area contributed by atoms with Gasteiger partial charge in [0.15, 0.2) is 6.54 Å². The monoisotopic (exact) mass is 392 g/mol. The van der Waals surface area contributed by atoms with Crippen LogP contribution < -0.4 is 5.32 Å². The molecule has 1 N–H and O–H groups in total. The van der Waals surface area contributed by atoms with Crippen LogP contribution in [0.25, 0.3) is 0 Å². The van der Waals surface area contributed by atoms with Gasteiger partial charge in [0.2, 0.25) is 0 Å². The van der Waals surface area contributed by atoms with E-state index in [9.17, 15) is 9.59 Å². The summed E-state index contributed by atoms with van der Waals surface area (Å²) < 4.78 is 6.38. The molecule has 0 unspecified atom stereocenters. The molecule has 0 radical (unpaired) electrons. The van der Waals surface area contributed by atoms with Gasteiger partial charge in [-0.25, -0.2) is 4.79 Å². The van der Waals surface area contributed by atoms with Crippen LogP contribution in [0.15, 0.2) is 0 Å². The third-order valence-electron chi connectivity index (χ3n) is 6.12. The lowest BCUT2D eigenvalue weighted by atomic mass is 9.95. The molecule has 4 heterocycles. The van der Waals surface area contributed by atoms with Gasteiger partial charge in [-0.3, -0.25) is 9.69 Å². The molecule has 3 saturated heterocycles. The van der Waals surface area contributed by atoms with Gasteiger partial charge in [-0.05, 0) is 45.1 Å². The highest BCUT2D eigenvalue weighted by Gasteiger charge is 2.40. The van der Waals surface area contributed by atoms with Crippen LogP contribution in [0, 0.1) is 0 Å². The van der Waals surface area contributed by atoms with Crippen LogP contribution in [0.2, 0.25) is 0 Å². The smallest absolute Gasteiger partial charge is 0.341 e. The van der Waals surface area contributed by atoms with Gasteiger partial charge in [-0.2, -0.15) is 0 Å². The number of esters is 1. The second-order valence-corrected chi connectivity index (χ2v) is 9.53. The second-order valence-electron chi connectivity index (χ2n) is 8.43. The fourth-order valence-corrected chi connectivity index (χ4v) is 5.88. The van der Waals surface area contributed by atoms with E-state index in [0.717, 1.165) is 75.0 Å². The van der Waals surface area contributed by atoms with E-state index < -0.39 is 0 Å². The van der Waals surface area contributed by atoms with Crippen molar-refractivity contribution in [2.75, 3.05) is 51.1 Å². The molecule has 1 amide bonds. The van der Waals surface area contributed by atoms with E-state index in [2.05, 4.69) is 10.2 Å². The van der Waals surface area contributed by atoms with E-state index in [1.165, 1.54) is 4.88 Å². The van der Waals surface area contributed by atoms with E-state index >= 15 is 0 Å². The maximum absolute atomic E-state index is 12.9. The summed E-state index contributed by atoms with van der Waals surface area (Å²) in [6.45, 7) is 10.7. The van der Waals surface area contributed by atoms with Gasteiger partial charge in [0.05, 0.1) is 31.3 Å². The molecular formula is C20H30N3O3S+. The van der Waals surface area contributed by atoms with Crippen LogP contribution in [0.3, 0.4) is 0 Å². The molecule has 0 saturated carbocycles. The van der Waals surface area contributed by atoms with Gasteiger partial charge >= 0.3 is 5.97 Å². The van der Waals surface area contributed by atoms with E-state index in [4.69, 9.17) is 4.74 Å². The highest BCUT2D eigenvalue weighted by molar-refractivity contribution is 7.17. The maximum atomic E-state index is 12.9. The van der Waals surface area contributed by atoms with Crippen LogP contribution in [-0.4, -0.2) is 73.2 Å². The fourth-order valence-electron chi connectivity index (χ4n) is 4.58. The summed E-state index contributed by atoms with van der Waals surface area (Å²) in [5.74, 6) is -0.263. The summed E-state index contributed by atoms with van der Waals surface area (Å²) in [6, 6.07) is 0. The molecule has 3 fully saturated rings. The minimum atomic E-state index is -0.293. The Morgan fingerprint density at radius 3 is 2.48 bits per heavy atom. The molecule has 2 bridgehead atoms. The number of nitrogens with zero attached hydrogens (tertiary/aromatic N) is 2. The summed E-state index contributed by atoms with van der Waals surface area (Å²) in [5.41, 5.74) is 1.71. The van der Waals surface area contributed by atoms with Crippen molar-refractivity contribution in [3.05, 3.63) is 16.0 Å². The van der Waals surface area contributed by atoms with Crippen molar-refractivity contribution >= 4 is 28.2 Å². The van der Waals surface area contributed by atoms with Crippen molar-refractivity contribution in [2.24, 2.45) is 0 Å². The van der Waals surface area contributed by atoms with E-state index in [1.807, 2.05) is 13.8 Å². The highest BCUT2D eigenvalue weighted by Crippen LogP contribution is 2.38. The molecule has 1 aliphatic carbocycles. The lowest BCUT2D eigenvalue weighted by Crippen LogP contribution is -2.68. The minimum Gasteiger partial charge on any atom is -0.459 e. The number of thiophene rings is 1. The maximum Gasteiger partial charge on any atom is 0.341 e. The predicted molar refractivity (Wildman–Crippen MR) is 106 cm³/mol. The molecule has 7 heteroatoms. The van der Waals surface area contributed by atoms with Crippen LogP contribution in [0.1, 0.15) is 47.5 Å². The normalized spacial score (nSPS) is 26.7. The first-order chi connectivity index (χ1) is 13.0. The van der Waals surface area contributed by atoms with Gasteiger partial charge in [0, 0.05) is 24.5 Å². The van der Waals surface area contributed by atoms with Crippen LogP contribution in [-0.2, 0) is 22.4 Å². The standard InChI is InChI=1S/C20H29N3O3S/c1-14(2)26-20(25)18-15-5-3-4-6-16(15)27-19(18)21-17(24)13-23-10-7-22(8-11-23)9-12-23/h14H,3-13H2,1-2H3/p+1. The van der Waals surface area contributed by atoms with Crippen molar-refractivity contribution in [3.63, 3.8) is 0 Å². The number of rotatable bonds is 5. The molecule has 3 aliphatic heterocycles. The second kappa shape index (κ2) is 7.53. The molecule has 6 nitrogen and oxygen atoms in total. The Labute approximate surface area is 165 Å². The largest absolute Gasteiger partial charge is 0.459 e. The zero-order valence-corrected chi connectivity index (χ0v) is 17.2. The van der Waals surface area contributed by atoms with Gasteiger partial charge in [0.25, 0.3) is 5.91 Å². The number of nitrogens with one attached hydrogen (secondary N) is 1. The zero-order chi connectivity index (χ0) is 19.0. The Morgan fingerprint density at radius 1 is 1.15 bits per heavy atom. The average Bonchev–Trinajstić information content (AvgIpc) is 2.99. The van der Waals surface area contributed by atoms with Crippen molar-refractivity contribution in [1.82, 2.24) is 4.90 Å². The molecule has 1 aromatic heterocycles. The summed E-state index contributed by atoms with van der Waals surface area (Å²) in [4.78, 5) is 29.3. The number of ether oxygens (including phenoxy) is 1. The van der Waals surface area contributed by atoms with Gasteiger partial charge in [0.1, 0.15) is 5.00 Å². The van der Waals surface area contributed by atoms with Gasteiger partial charge in [-0.1, -0.05) is 0 Å². The first-order valence-corrected chi connectivity index (χ1v) is 11.0. The van der Waals surface area contributed by atoms with Crippen molar-refractivity contribution in [3.8, 4) is 0 Å². The molecule has 1 aromatic rings. The number of quaternary nitrogens is 1. The number of hydrogen-bond donors (Lipinski definition) is 1. The van der Waals surface area contributed by atoms with Crippen molar-refractivity contribution in [2.45, 2.75) is 45.6 Å². The number of anilines is 1. The van der Waals surface area contributed by atoms with Crippen molar-refractivity contribution < 1.29 is 18.8 Å². The molecule has 5 rings (SSSR count). The minimum absolute atomic E-state index is 0.0301. The molecule has 0 spiro atoms. The molecule has 0 atom stereocenters. The Hall–Kier alpha value is -1.44. The number of carbonyl (C=O) groups is 2. The Kier molecular flexibility index (Phi) is 5.27. The summed E-state index contributed by atoms with van der Waals surface area (Å²) in [5, 5.41) is 3.80. The topological polar surface area (TPSA) is 58.6 Å². The zero-order valence-electron chi connectivity index (χ0n) is 16.4. The molecule has 27 heavy (non-hydrogen) atoms. The molecular weight excluding hydrogens is 362 g/mol. The van der Waals surface area contributed by atoms with E-state index in [1.54, 1.807) is 11.3 Å². The Morgan fingerprint density at radius 2 is 1.81 bits per heavy atom. The number of hydrogen-bond acceptors (Lipinski definition) is 5. The lowest BCUT2D eigenvalue weighted by Gasteiger charge is -2.50. The van der Waals surface area contributed by atoms with Crippen LogP contribution in [0.4, 0.5) is 5.00 Å². The molecule has 4 aliphatic rings. The van der Waals surface area contributed by atoms with Crippen LogP contribution >= 0.6 is 11.3 Å². The molecule has 148 valence electrons. The first kappa shape index (κ1) is 18.9. The van der Waals surface area contributed by atoms with Crippen LogP contribution in [0.5, 0.6) is 0 Å². The van der Waals surface area contributed by atoms with Crippen molar-refractivity contribution in [1.29, 1.82) is 0 Å². The number of carbonyl (C=O) groups excluding carboxylic acids is 2. The third kappa shape index (κ3) is 3.91. The van der Waals surface area contributed by atoms with Gasteiger partial charge in [-0.15, -0.1) is 11.3 Å². The number of amides is 1. The van der Waals surface area contributed by atoms with E-state index in [0.29, 0.717) is 17.1 Å². The summed E-state index contributed by atoms with van der Waals surface area (Å²) >= 11 is 1.58. The Bertz CT molecular complexity index is 721. The van der Waals surface area contributed by atoms with Gasteiger partial charge < -0.3 is 14.5 Å². The SMILES string of the molecule is CC(C)OC(=O)c1c(NC(=O)C[N+]23CCN(CC2)CC3)sc2c1CCCC2. The molecule has 0 aromatic carbocycles. The summed E-state index contributed by atoms with van der Waals surface area (Å²) in [7, 11) is 0. The summed E-state index contributed by atoms with van der Waals surface area (Å²) in [6.07, 6.45) is 3.97. The number of fused-ring (bicyclic) bond motifs is 4. The lowest BCUT2D eigenvalue weighted by molar-refractivity contribution is -0.933. The quantitative estimate of drug-likeness (QED) is 0.617. The van der Waals surface area contributed by atoms with E-state index in [-0.39, 0.29) is 18.0 Å². The first-order valence-electron chi connectivity index (χ1n) is 10.2. The average molecular weight is 393 g/mol. The number of piperazine rings is 3. The Balaban J connectivity index is 1.53. The predicted octanol–water partition coefficient (Wildman–Crippen LogP) is 2.28. The third-order valence-corrected chi connectivity index (χ3v) is 7.33. The number of aryl methyl sites for hydroxylation is 1. The fraction of sp³-hybridized carbons (Fsp3) is 0.700.